The molecule has 6 heteroatoms. The van der Waals surface area contributed by atoms with Crippen molar-refractivity contribution < 1.29 is 18.8 Å². The van der Waals surface area contributed by atoms with Crippen molar-refractivity contribution in [2.75, 3.05) is 0 Å². The van der Waals surface area contributed by atoms with Crippen LogP contribution in [0.3, 0.4) is 0 Å². The maximum atomic E-state index is 12.8. The Labute approximate surface area is 134 Å². The first kappa shape index (κ1) is 17.1. The Morgan fingerprint density at radius 3 is 2.13 bits per heavy atom. The first-order valence-corrected chi connectivity index (χ1v) is 7.39. The number of halogens is 1. The van der Waals surface area contributed by atoms with Gasteiger partial charge in [-0.2, -0.15) is 0 Å². The number of benzene rings is 1. The second-order valence-electron chi connectivity index (χ2n) is 6.95. The van der Waals surface area contributed by atoms with Gasteiger partial charge < -0.3 is 0 Å². The third-order valence-corrected chi connectivity index (χ3v) is 5.03. The summed E-state index contributed by atoms with van der Waals surface area (Å²) >= 11 is 0. The molecule has 0 aromatic heterocycles. The number of oxime groups is 1. The molecule has 2 amide bonds. The molecule has 0 aliphatic heterocycles. The van der Waals surface area contributed by atoms with E-state index in [9.17, 15) is 14.0 Å². The molecule has 2 rings (SSSR count). The van der Waals surface area contributed by atoms with Crippen LogP contribution in [0.2, 0.25) is 0 Å². The van der Waals surface area contributed by atoms with Gasteiger partial charge in [0.2, 0.25) is 0 Å². The first-order valence-electron chi connectivity index (χ1n) is 7.39. The monoisotopic (exact) mass is 320 g/mol. The van der Waals surface area contributed by atoms with Gasteiger partial charge in [0.1, 0.15) is 5.82 Å². The molecule has 0 heterocycles. The van der Waals surface area contributed by atoms with E-state index in [4.69, 9.17) is 4.84 Å². The zero-order valence-electron chi connectivity index (χ0n) is 13.9. The third-order valence-electron chi connectivity index (χ3n) is 5.03. The summed E-state index contributed by atoms with van der Waals surface area (Å²) in [6.45, 7) is 10.3. The molecule has 0 unspecified atom stereocenters. The van der Waals surface area contributed by atoms with Crippen LogP contribution in [0.4, 0.5) is 9.18 Å². The van der Waals surface area contributed by atoms with Crippen LogP contribution in [-0.2, 0) is 4.84 Å². The van der Waals surface area contributed by atoms with E-state index in [2.05, 4.69) is 32.9 Å². The molecular formula is C17H21FN2O3. The minimum atomic E-state index is -0.963. The normalized spacial score (nSPS) is 19.1. The Kier molecular flexibility index (Phi) is 4.28. The first-order chi connectivity index (χ1) is 10.6. The van der Waals surface area contributed by atoms with Gasteiger partial charge in [0.15, 0.2) is 0 Å². The number of carbonyl (C=O) groups is 2. The SMILES string of the molecule is C/C(=N\OC(=O)NC(=O)c1ccc(F)cc1)C1C(C)(C)C1(C)C. The van der Waals surface area contributed by atoms with Gasteiger partial charge in [0, 0.05) is 11.5 Å². The Morgan fingerprint density at radius 1 is 1.13 bits per heavy atom. The largest absolute Gasteiger partial charge is 0.440 e. The van der Waals surface area contributed by atoms with E-state index in [1.807, 2.05) is 5.32 Å². The van der Waals surface area contributed by atoms with Gasteiger partial charge in [0.05, 0.1) is 5.71 Å². The Hall–Kier alpha value is -2.24. The molecule has 0 radical (unpaired) electrons. The van der Waals surface area contributed by atoms with Gasteiger partial charge in [-0.25, -0.2) is 9.18 Å². The average Bonchev–Trinajstić information content (AvgIpc) is 2.86. The minimum absolute atomic E-state index is 0.0876. The summed E-state index contributed by atoms with van der Waals surface area (Å²) < 4.78 is 12.8. The van der Waals surface area contributed by atoms with Crippen molar-refractivity contribution in [1.29, 1.82) is 0 Å². The molecule has 0 atom stereocenters. The number of imide groups is 1. The summed E-state index contributed by atoms with van der Waals surface area (Å²) in [5.74, 6) is -0.912. The zero-order valence-corrected chi connectivity index (χ0v) is 13.9. The fraction of sp³-hybridized carbons (Fsp3) is 0.471. The quantitative estimate of drug-likeness (QED) is 0.524. The lowest BCUT2D eigenvalue weighted by molar-refractivity contribution is 0.0922. The molecule has 23 heavy (non-hydrogen) atoms. The second-order valence-corrected chi connectivity index (χ2v) is 6.95. The number of amides is 2. The minimum Gasteiger partial charge on any atom is -0.298 e. The number of nitrogens with one attached hydrogen (secondary N) is 1. The molecule has 0 saturated heterocycles. The highest BCUT2D eigenvalue weighted by molar-refractivity contribution is 6.03. The summed E-state index contributed by atoms with van der Waals surface area (Å²) in [4.78, 5) is 28.2. The lowest BCUT2D eigenvalue weighted by Gasteiger charge is -2.04. The lowest BCUT2D eigenvalue weighted by Crippen LogP contribution is -2.30. The van der Waals surface area contributed by atoms with E-state index in [1.165, 1.54) is 12.1 Å². The van der Waals surface area contributed by atoms with Crippen LogP contribution < -0.4 is 5.32 Å². The van der Waals surface area contributed by atoms with Crippen molar-refractivity contribution in [3.63, 3.8) is 0 Å². The topological polar surface area (TPSA) is 67.8 Å². The number of hydrogen-bond donors (Lipinski definition) is 1. The van der Waals surface area contributed by atoms with Crippen molar-refractivity contribution >= 4 is 17.7 Å². The molecular weight excluding hydrogens is 299 g/mol. The van der Waals surface area contributed by atoms with E-state index < -0.39 is 17.8 Å². The summed E-state index contributed by atoms with van der Waals surface area (Å²) in [7, 11) is 0. The van der Waals surface area contributed by atoms with Crippen LogP contribution in [0.1, 0.15) is 45.0 Å². The van der Waals surface area contributed by atoms with Crippen molar-refractivity contribution in [2.24, 2.45) is 21.9 Å². The van der Waals surface area contributed by atoms with E-state index in [0.717, 1.165) is 12.1 Å². The van der Waals surface area contributed by atoms with Crippen molar-refractivity contribution in [3.05, 3.63) is 35.6 Å². The molecule has 0 bridgehead atoms. The summed E-state index contributed by atoms with van der Waals surface area (Å²) in [6.07, 6.45) is -0.963. The molecule has 124 valence electrons. The number of carbonyl (C=O) groups excluding carboxylic acids is 2. The molecule has 1 aliphatic rings. The molecule has 1 fully saturated rings. The van der Waals surface area contributed by atoms with E-state index in [1.54, 1.807) is 6.92 Å². The molecule has 1 N–H and O–H groups in total. The standard InChI is InChI=1S/C17H21FN2O3/c1-10(13-16(2,3)17(13,4)5)20-23-15(22)19-14(21)11-6-8-12(18)9-7-11/h6-9,13H,1-5H3,(H,19,21,22)/b20-10+. The van der Waals surface area contributed by atoms with E-state index in [-0.39, 0.29) is 22.3 Å². The van der Waals surface area contributed by atoms with Crippen molar-refractivity contribution in [2.45, 2.75) is 34.6 Å². The number of nitrogens with zero attached hydrogens (tertiary/aromatic N) is 1. The second kappa shape index (κ2) is 5.76. The summed E-state index contributed by atoms with van der Waals surface area (Å²) in [6, 6.07) is 4.84. The van der Waals surface area contributed by atoms with Crippen LogP contribution in [-0.4, -0.2) is 17.7 Å². The summed E-state index contributed by atoms with van der Waals surface area (Å²) in [5, 5.41) is 5.87. The molecule has 1 aromatic rings. The Balaban J connectivity index is 1.92. The number of rotatable bonds is 3. The van der Waals surface area contributed by atoms with Gasteiger partial charge >= 0.3 is 6.09 Å². The predicted octanol–water partition coefficient (Wildman–Crippen LogP) is 3.75. The fourth-order valence-electron chi connectivity index (χ4n) is 3.20. The third kappa shape index (κ3) is 3.25. The molecule has 1 aromatic carbocycles. The predicted molar refractivity (Wildman–Crippen MR) is 84.5 cm³/mol. The van der Waals surface area contributed by atoms with E-state index >= 15 is 0 Å². The summed E-state index contributed by atoms with van der Waals surface area (Å²) in [5.41, 5.74) is 1.05. The molecule has 0 spiro atoms. The van der Waals surface area contributed by atoms with Crippen molar-refractivity contribution in [3.8, 4) is 0 Å². The lowest BCUT2D eigenvalue weighted by atomic mass is 10.0. The smallest absolute Gasteiger partial charge is 0.298 e. The van der Waals surface area contributed by atoms with Gasteiger partial charge in [-0.3, -0.25) is 14.9 Å². The van der Waals surface area contributed by atoms with Gasteiger partial charge in [-0.1, -0.05) is 32.9 Å². The zero-order chi connectivity index (χ0) is 17.4. The molecule has 1 saturated carbocycles. The van der Waals surface area contributed by atoms with Gasteiger partial charge in [-0.05, 0) is 42.0 Å². The maximum absolute atomic E-state index is 12.8. The highest BCUT2D eigenvalue weighted by Gasteiger charge is 2.66. The Bertz CT molecular complexity index is 649. The highest BCUT2D eigenvalue weighted by atomic mass is 19.1. The Morgan fingerprint density at radius 2 is 1.65 bits per heavy atom. The van der Waals surface area contributed by atoms with E-state index in [0.29, 0.717) is 5.71 Å². The number of hydrogen-bond acceptors (Lipinski definition) is 4. The van der Waals surface area contributed by atoms with Gasteiger partial charge in [0.25, 0.3) is 5.91 Å². The highest BCUT2D eigenvalue weighted by Crippen LogP contribution is 2.68. The van der Waals surface area contributed by atoms with Crippen LogP contribution in [0.5, 0.6) is 0 Å². The van der Waals surface area contributed by atoms with Crippen LogP contribution in [0.15, 0.2) is 29.4 Å². The van der Waals surface area contributed by atoms with Gasteiger partial charge in [-0.15, -0.1) is 0 Å². The van der Waals surface area contributed by atoms with Crippen LogP contribution >= 0.6 is 0 Å². The fourth-order valence-corrected chi connectivity index (χ4v) is 3.20. The average molecular weight is 320 g/mol. The molecule has 5 nitrogen and oxygen atoms in total. The van der Waals surface area contributed by atoms with Crippen LogP contribution in [0, 0.1) is 22.6 Å². The van der Waals surface area contributed by atoms with Crippen molar-refractivity contribution in [1.82, 2.24) is 5.32 Å². The van der Waals surface area contributed by atoms with Crippen LogP contribution in [0.25, 0.3) is 0 Å². The molecule has 1 aliphatic carbocycles. The maximum Gasteiger partial charge on any atom is 0.440 e.